The fourth-order valence-corrected chi connectivity index (χ4v) is 3.38. The molecule has 3 aromatic rings. The summed E-state index contributed by atoms with van der Waals surface area (Å²) in [4.78, 5) is 19.5. The second-order valence-electron chi connectivity index (χ2n) is 6.60. The molecular formula is C19H21FN4O3. The van der Waals surface area contributed by atoms with Crippen molar-refractivity contribution in [2.45, 2.75) is 6.54 Å². The van der Waals surface area contributed by atoms with Gasteiger partial charge in [-0.05, 0) is 12.1 Å². The second-order valence-corrected chi connectivity index (χ2v) is 6.60. The second kappa shape index (κ2) is 7.13. The van der Waals surface area contributed by atoms with Gasteiger partial charge < -0.3 is 14.0 Å². The molecule has 2 aromatic heterocycles. The summed E-state index contributed by atoms with van der Waals surface area (Å²) >= 11 is 0. The fourth-order valence-electron chi connectivity index (χ4n) is 3.38. The summed E-state index contributed by atoms with van der Waals surface area (Å²) in [6, 6.07) is 4.34. The summed E-state index contributed by atoms with van der Waals surface area (Å²) < 4.78 is 27.3. The average molecular weight is 372 g/mol. The molecule has 0 radical (unpaired) electrons. The first-order valence-corrected chi connectivity index (χ1v) is 8.78. The highest BCUT2D eigenvalue weighted by Crippen LogP contribution is 2.32. The first-order chi connectivity index (χ1) is 13.1. The summed E-state index contributed by atoms with van der Waals surface area (Å²) in [6.45, 7) is 3.73. The molecule has 3 heterocycles. The van der Waals surface area contributed by atoms with E-state index in [4.69, 9.17) is 14.5 Å². The van der Waals surface area contributed by atoms with E-state index in [1.807, 2.05) is 0 Å². The normalized spacial score (nSPS) is 15.4. The van der Waals surface area contributed by atoms with Crippen molar-refractivity contribution in [3.63, 3.8) is 0 Å². The number of hydrogen-bond acceptors (Lipinski definition) is 5. The maximum absolute atomic E-state index is 13.6. The Labute approximate surface area is 155 Å². The topological polar surface area (TPSA) is 61.0 Å². The van der Waals surface area contributed by atoms with Gasteiger partial charge in [0, 0.05) is 56.3 Å². The van der Waals surface area contributed by atoms with Crippen LogP contribution >= 0.6 is 0 Å². The summed E-state index contributed by atoms with van der Waals surface area (Å²) in [7, 11) is 3.18. The van der Waals surface area contributed by atoms with Crippen molar-refractivity contribution in [2.75, 3.05) is 33.4 Å². The number of hydrogen-bond donors (Lipinski definition) is 0. The van der Waals surface area contributed by atoms with E-state index in [0.717, 1.165) is 18.8 Å². The fraction of sp³-hybridized carbons (Fsp3) is 0.368. The molecule has 0 amide bonds. The van der Waals surface area contributed by atoms with E-state index in [-0.39, 0.29) is 11.5 Å². The molecule has 142 valence electrons. The number of morpholine rings is 1. The summed E-state index contributed by atoms with van der Waals surface area (Å²) in [5.74, 6) is 0.0149. The molecule has 0 unspecified atom stereocenters. The van der Waals surface area contributed by atoms with E-state index in [1.165, 1.54) is 28.2 Å². The summed E-state index contributed by atoms with van der Waals surface area (Å²) in [5.41, 5.74) is 2.55. The van der Waals surface area contributed by atoms with Crippen molar-refractivity contribution in [3.05, 3.63) is 52.6 Å². The number of methoxy groups -OCH3 is 1. The summed E-state index contributed by atoms with van der Waals surface area (Å²) in [5, 5.41) is 0. The smallest absolute Gasteiger partial charge is 0.333 e. The van der Waals surface area contributed by atoms with Gasteiger partial charge in [-0.15, -0.1) is 0 Å². The summed E-state index contributed by atoms with van der Waals surface area (Å²) in [6.07, 6.45) is 3.48. The van der Waals surface area contributed by atoms with Gasteiger partial charge in [0.1, 0.15) is 11.6 Å². The zero-order chi connectivity index (χ0) is 19.0. The zero-order valence-electron chi connectivity index (χ0n) is 15.3. The van der Waals surface area contributed by atoms with E-state index in [9.17, 15) is 9.18 Å². The number of ether oxygens (including phenoxy) is 2. The van der Waals surface area contributed by atoms with Gasteiger partial charge in [-0.2, -0.15) is 0 Å². The molecule has 1 fully saturated rings. The molecule has 0 bridgehead atoms. The minimum atomic E-state index is -0.382. The van der Waals surface area contributed by atoms with Crippen molar-refractivity contribution in [3.8, 4) is 16.9 Å². The van der Waals surface area contributed by atoms with Gasteiger partial charge in [0.15, 0.2) is 5.65 Å². The third-order valence-electron chi connectivity index (χ3n) is 4.77. The van der Waals surface area contributed by atoms with Gasteiger partial charge >= 0.3 is 5.69 Å². The van der Waals surface area contributed by atoms with Crippen LogP contribution in [0.2, 0.25) is 0 Å². The molecule has 4 rings (SSSR count). The van der Waals surface area contributed by atoms with Crippen molar-refractivity contribution in [1.29, 1.82) is 0 Å². The van der Waals surface area contributed by atoms with Crippen LogP contribution in [0.4, 0.5) is 4.39 Å². The number of rotatable bonds is 4. The van der Waals surface area contributed by atoms with E-state index in [2.05, 4.69) is 4.90 Å². The lowest BCUT2D eigenvalue weighted by molar-refractivity contribution is 0.0337. The first kappa shape index (κ1) is 17.7. The monoisotopic (exact) mass is 372 g/mol. The standard InChI is InChI=1S/C19H21FN4O3/c1-22-12-16(15-4-3-13(20)9-17(15)26-2)18-21-14(11-24(18)19(22)25)10-23-5-7-27-8-6-23/h3-4,9,11-12H,5-8,10H2,1-2H3. The number of aryl methyl sites for hydroxylation is 1. The Bertz CT molecular complexity index is 1040. The average Bonchev–Trinajstić information content (AvgIpc) is 3.09. The van der Waals surface area contributed by atoms with Crippen molar-refractivity contribution >= 4 is 5.65 Å². The molecule has 1 aliphatic heterocycles. The first-order valence-electron chi connectivity index (χ1n) is 8.78. The lowest BCUT2D eigenvalue weighted by Gasteiger charge is -2.25. The van der Waals surface area contributed by atoms with Crippen LogP contribution < -0.4 is 10.4 Å². The van der Waals surface area contributed by atoms with Crippen LogP contribution in [0.1, 0.15) is 5.69 Å². The maximum Gasteiger partial charge on any atom is 0.333 e. The largest absolute Gasteiger partial charge is 0.496 e. The van der Waals surface area contributed by atoms with Crippen molar-refractivity contribution in [1.82, 2.24) is 18.9 Å². The molecule has 1 aliphatic rings. The lowest BCUT2D eigenvalue weighted by Crippen LogP contribution is -2.35. The number of benzene rings is 1. The number of aromatic nitrogens is 3. The molecule has 1 aromatic carbocycles. The molecule has 0 aliphatic carbocycles. The Kier molecular flexibility index (Phi) is 4.67. The van der Waals surface area contributed by atoms with Gasteiger partial charge in [-0.3, -0.25) is 9.30 Å². The van der Waals surface area contributed by atoms with Crippen LogP contribution in [0.25, 0.3) is 16.8 Å². The van der Waals surface area contributed by atoms with E-state index in [1.54, 1.807) is 25.5 Å². The van der Waals surface area contributed by atoms with Crippen molar-refractivity contribution in [2.24, 2.45) is 7.05 Å². The highest BCUT2D eigenvalue weighted by atomic mass is 19.1. The molecule has 7 nitrogen and oxygen atoms in total. The SMILES string of the molecule is COc1cc(F)ccc1-c1cn(C)c(=O)n2cc(CN3CCOCC3)nc12. The Morgan fingerprint density at radius 1 is 1.22 bits per heavy atom. The quantitative estimate of drug-likeness (QED) is 0.697. The Morgan fingerprint density at radius 2 is 2.00 bits per heavy atom. The molecule has 0 N–H and O–H groups in total. The van der Waals surface area contributed by atoms with Crippen LogP contribution in [0, 0.1) is 5.82 Å². The lowest BCUT2D eigenvalue weighted by atomic mass is 10.1. The predicted octanol–water partition coefficient (Wildman–Crippen LogP) is 1.68. The third-order valence-corrected chi connectivity index (χ3v) is 4.77. The molecule has 0 spiro atoms. The molecule has 0 atom stereocenters. The minimum absolute atomic E-state index is 0.185. The Morgan fingerprint density at radius 3 is 2.74 bits per heavy atom. The molecular weight excluding hydrogens is 351 g/mol. The van der Waals surface area contributed by atoms with Crippen LogP contribution in [0.5, 0.6) is 5.75 Å². The van der Waals surface area contributed by atoms with Crippen LogP contribution in [-0.2, 0) is 18.3 Å². The van der Waals surface area contributed by atoms with Gasteiger partial charge in [-0.1, -0.05) is 0 Å². The molecule has 27 heavy (non-hydrogen) atoms. The van der Waals surface area contributed by atoms with Crippen molar-refractivity contribution < 1.29 is 13.9 Å². The number of halogens is 1. The molecule has 8 heteroatoms. The highest BCUT2D eigenvalue weighted by molar-refractivity contribution is 5.81. The highest BCUT2D eigenvalue weighted by Gasteiger charge is 2.18. The Hall–Kier alpha value is -2.71. The van der Waals surface area contributed by atoms with Gasteiger partial charge in [0.05, 0.1) is 26.0 Å². The van der Waals surface area contributed by atoms with E-state index in [0.29, 0.717) is 42.3 Å². The van der Waals surface area contributed by atoms with E-state index >= 15 is 0 Å². The number of fused-ring (bicyclic) bond motifs is 1. The number of imidazole rings is 1. The number of nitrogens with zero attached hydrogens (tertiary/aromatic N) is 4. The Balaban J connectivity index is 1.83. The van der Waals surface area contributed by atoms with Gasteiger partial charge in [0.2, 0.25) is 0 Å². The van der Waals surface area contributed by atoms with Gasteiger partial charge in [-0.25, -0.2) is 14.2 Å². The molecule has 1 saturated heterocycles. The third kappa shape index (κ3) is 3.33. The van der Waals surface area contributed by atoms with Gasteiger partial charge in [0.25, 0.3) is 0 Å². The molecule has 0 saturated carbocycles. The van der Waals surface area contributed by atoms with Crippen LogP contribution in [0.3, 0.4) is 0 Å². The van der Waals surface area contributed by atoms with E-state index < -0.39 is 0 Å². The van der Waals surface area contributed by atoms with Crippen LogP contribution in [0.15, 0.2) is 35.4 Å². The predicted molar refractivity (Wildman–Crippen MR) is 98.5 cm³/mol. The maximum atomic E-state index is 13.6. The minimum Gasteiger partial charge on any atom is -0.496 e. The van der Waals surface area contributed by atoms with Crippen LogP contribution in [-0.4, -0.2) is 52.3 Å². The zero-order valence-corrected chi connectivity index (χ0v) is 15.3.